The number of rotatable bonds is 2. The van der Waals surface area contributed by atoms with Crippen LogP contribution in [0.5, 0.6) is 0 Å². The lowest BCUT2D eigenvalue weighted by molar-refractivity contribution is -0.129. The molecule has 2 N–H and O–H groups in total. The Morgan fingerprint density at radius 1 is 1.38 bits per heavy atom. The molecular weight excluding hydrogens is 350 g/mol. The molecule has 0 aliphatic carbocycles. The van der Waals surface area contributed by atoms with Gasteiger partial charge in [-0.1, -0.05) is 28.1 Å². The van der Waals surface area contributed by atoms with Crippen LogP contribution in [0.2, 0.25) is 0 Å². The summed E-state index contributed by atoms with van der Waals surface area (Å²) in [6, 6.07) is 9.61. The van der Waals surface area contributed by atoms with E-state index in [1.165, 1.54) is 4.90 Å². The Balaban J connectivity index is 2.32. The average Bonchev–Trinajstić information content (AvgIpc) is 2.97. The van der Waals surface area contributed by atoms with Crippen LogP contribution < -0.4 is 5.73 Å². The number of amides is 1. The number of halogens is 1. The fourth-order valence-corrected chi connectivity index (χ4v) is 3.78. The molecule has 0 radical (unpaired) electrons. The molecule has 2 aromatic rings. The van der Waals surface area contributed by atoms with Crippen molar-refractivity contribution in [3.05, 3.63) is 56.2 Å². The Labute approximate surface area is 135 Å². The summed E-state index contributed by atoms with van der Waals surface area (Å²) in [6.45, 7) is 2.00. The molecule has 4 nitrogen and oxygen atoms in total. The van der Waals surface area contributed by atoms with Crippen molar-refractivity contribution >= 4 is 39.1 Å². The molecule has 0 fully saturated rings. The smallest absolute Gasteiger partial charge is 0.266 e. The first-order valence-electron chi connectivity index (χ1n) is 6.41. The van der Waals surface area contributed by atoms with E-state index in [9.17, 15) is 4.79 Å². The SMILES string of the molecule is Cc1sccc1C1(c2cccc(Br)c2)N=C(N)N(C)C1=O. The first-order chi connectivity index (χ1) is 9.96. The molecule has 108 valence electrons. The minimum absolute atomic E-state index is 0.125. The largest absolute Gasteiger partial charge is 0.369 e. The number of aliphatic imine (C=N–C) groups is 1. The predicted octanol–water partition coefficient (Wildman–Crippen LogP) is 2.85. The third-order valence-electron chi connectivity index (χ3n) is 3.73. The number of guanidine groups is 1. The van der Waals surface area contributed by atoms with Gasteiger partial charge in [-0.25, -0.2) is 4.99 Å². The quantitative estimate of drug-likeness (QED) is 0.891. The Morgan fingerprint density at radius 2 is 2.14 bits per heavy atom. The molecule has 3 rings (SSSR count). The van der Waals surface area contributed by atoms with Crippen LogP contribution in [0.1, 0.15) is 16.0 Å². The van der Waals surface area contributed by atoms with E-state index < -0.39 is 5.54 Å². The van der Waals surface area contributed by atoms with Crippen molar-refractivity contribution in [2.45, 2.75) is 12.5 Å². The molecule has 1 aliphatic rings. The summed E-state index contributed by atoms with van der Waals surface area (Å²) in [7, 11) is 1.66. The summed E-state index contributed by atoms with van der Waals surface area (Å²) in [5, 5.41) is 1.97. The second kappa shape index (κ2) is 4.96. The summed E-state index contributed by atoms with van der Waals surface area (Å²) in [5.74, 6) is 0.116. The second-order valence-corrected chi connectivity index (χ2v) is 6.98. The molecule has 21 heavy (non-hydrogen) atoms. The van der Waals surface area contributed by atoms with Gasteiger partial charge in [0.1, 0.15) is 0 Å². The van der Waals surface area contributed by atoms with Crippen molar-refractivity contribution in [3.63, 3.8) is 0 Å². The fourth-order valence-electron chi connectivity index (χ4n) is 2.63. The maximum Gasteiger partial charge on any atom is 0.266 e. The number of thiophene rings is 1. The maximum atomic E-state index is 12.9. The van der Waals surface area contributed by atoms with Crippen molar-refractivity contribution in [3.8, 4) is 0 Å². The van der Waals surface area contributed by atoms with Gasteiger partial charge in [0.2, 0.25) is 0 Å². The zero-order valence-electron chi connectivity index (χ0n) is 11.6. The van der Waals surface area contributed by atoms with Gasteiger partial charge >= 0.3 is 0 Å². The molecule has 0 saturated carbocycles. The molecule has 1 aromatic carbocycles. The highest BCUT2D eigenvalue weighted by Crippen LogP contribution is 2.42. The van der Waals surface area contributed by atoms with Crippen molar-refractivity contribution in [2.24, 2.45) is 10.7 Å². The Kier molecular flexibility index (Phi) is 3.37. The highest BCUT2D eigenvalue weighted by Gasteiger charge is 2.50. The van der Waals surface area contributed by atoms with Crippen LogP contribution >= 0.6 is 27.3 Å². The zero-order chi connectivity index (χ0) is 15.2. The molecular formula is C15H14BrN3OS. The van der Waals surface area contributed by atoms with Gasteiger partial charge in [0, 0.05) is 22.0 Å². The van der Waals surface area contributed by atoms with E-state index in [-0.39, 0.29) is 11.9 Å². The van der Waals surface area contributed by atoms with Gasteiger partial charge in [0.25, 0.3) is 5.91 Å². The van der Waals surface area contributed by atoms with E-state index in [0.717, 1.165) is 20.5 Å². The third-order valence-corrected chi connectivity index (χ3v) is 5.07. The van der Waals surface area contributed by atoms with Gasteiger partial charge < -0.3 is 5.73 Å². The number of nitrogens with zero attached hydrogens (tertiary/aromatic N) is 2. The number of carbonyl (C=O) groups excluding carboxylic acids is 1. The van der Waals surface area contributed by atoms with E-state index in [1.54, 1.807) is 18.4 Å². The van der Waals surface area contributed by atoms with Crippen molar-refractivity contribution in [1.82, 2.24) is 4.90 Å². The summed E-state index contributed by atoms with van der Waals surface area (Å²) in [5.41, 5.74) is 6.55. The molecule has 1 aliphatic heterocycles. The topological polar surface area (TPSA) is 58.7 Å². The molecule has 1 atom stereocenters. The van der Waals surface area contributed by atoms with Crippen LogP contribution in [0.3, 0.4) is 0 Å². The Bertz CT molecular complexity index is 755. The lowest BCUT2D eigenvalue weighted by Crippen LogP contribution is -2.41. The van der Waals surface area contributed by atoms with Gasteiger partial charge in [0.15, 0.2) is 11.5 Å². The molecule has 1 aromatic heterocycles. The number of nitrogens with two attached hydrogens (primary N) is 1. The number of benzene rings is 1. The summed E-state index contributed by atoms with van der Waals surface area (Å²) in [4.78, 5) is 20.0. The molecule has 2 heterocycles. The van der Waals surface area contributed by atoms with Crippen molar-refractivity contribution in [1.29, 1.82) is 0 Å². The molecule has 1 unspecified atom stereocenters. The minimum Gasteiger partial charge on any atom is -0.369 e. The van der Waals surface area contributed by atoms with Gasteiger partial charge in [0.05, 0.1) is 0 Å². The first kappa shape index (κ1) is 14.3. The number of carbonyl (C=O) groups is 1. The van der Waals surface area contributed by atoms with Gasteiger partial charge in [-0.05, 0) is 36.1 Å². The normalized spacial score (nSPS) is 21.8. The van der Waals surface area contributed by atoms with Crippen molar-refractivity contribution < 1.29 is 4.79 Å². The van der Waals surface area contributed by atoms with Gasteiger partial charge in [-0.15, -0.1) is 11.3 Å². The molecule has 0 saturated heterocycles. The maximum absolute atomic E-state index is 12.9. The van der Waals surface area contributed by atoms with E-state index in [1.807, 2.05) is 42.6 Å². The molecule has 0 spiro atoms. The molecule has 1 amide bonds. The summed E-state index contributed by atoms with van der Waals surface area (Å²) >= 11 is 5.06. The second-order valence-electron chi connectivity index (χ2n) is 4.95. The van der Waals surface area contributed by atoms with Crippen LogP contribution in [-0.2, 0) is 10.3 Å². The highest BCUT2D eigenvalue weighted by atomic mass is 79.9. The summed E-state index contributed by atoms with van der Waals surface area (Å²) in [6.07, 6.45) is 0. The van der Waals surface area contributed by atoms with Gasteiger partial charge in [-0.3, -0.25) is 9.69 Å². The van der Waals surface area contributed by atoms with Crippen LogP contribution in [-0.4, -0.2) is 23.8 Å². The van der Waals surface area contributed by atoms with Crippen LogP contribution in [0.25, 0.3) is 0 Å². The first-order valence-corrected chi connectivity index (χ1v) is 8.08. The highest BCUT2D eigenvalue weighted by molar-refractivity contribution is 9.10. The Hall–Kier alpha value is -1.66. The van der Waals surface area contributed by atoms with E-state index in [2.05, 4.69) is 20.9 Å². The van der Waals surface area contributed by atoms with E-state index in [0.29, 0.717) is 0 Å². The zero-order valence-corrected chi connectivity index (χ0v) is 14.0. The van der Waals surface area contributed by atoms with E-state index >= 15 is 0 Å². The average molecular weight is 364 g/mol. The standard InChI is InChI=1S/C15H14BrN3OS/c1-9-12(6-7-21-9)15(10-4-3-5-11(16)8-10)13(20)19(2)14(17)18-15/h3-8H,1-2H3,(H2,17,18). The monoisotopic (exact) mass is 363 g/mol. The van der Waals surface area contributed by atoms with E-state index in [4.69, 9.17) is 5.73 Å². The summed E-state index contributed by atoms with van der Waals surface area (Å²) < 4.78 is 0.906. The number of hydrogen-bond donors (Lipinski definition) is 1. The molecule has 6 heteroatoms. The Morgan fingerprint density at radius 3 is 2.67 bits per heavy atom. The lowest BCUT2D eigenvalue weighted by atomic mass is 9.83. The third kappa shape index (κ3) is 2.01. The number of hydrogen-bond acceptors (Lipinski definition) is 4. The number of aryl methyl sites for hydroxylation is 1. The van der Waals surface area contributed by atoms with Gasteiger partial charge in [-0.2, -0.15) is 0 Å². The predicted molar refractivity (Wildman–Crippen MR) is 88.4 cm³/mol. The van der Waals surface area contributed by atoms with Crippen molar-refractivity contribution in [2.75, 3.05) is 7.05 Å². The van der Waals surface area contributed by atoms with Crippen LogP contribution in [0, 0.1) is 6.92 Å². The lowest BCUT2D eigenvalue weighted by Gasteiger charge is -2.26. The number of likely N-dealkylation sites (N-methyl/N-ethyl adjacent to an activating group) is 1. The minimum atomic E-state index is -1.08. The van der Waals surface area contributed by atoms with Crippen LogP contribution in [0.15, 0.2) is 45.2 Å². The fraction of sp³-hybridized carbons (Fsp3) is 0.200. The van der Waals surface area contributed by atoms with Crippen LogP contribution in [0.4, 0.5) is 0 Å². The molecule has 0 bridgehead atoms.